The Hall–Kier alpha value is -2.36. The number of nitrogens with zero attached hydrogens (tertiary/aromatic N) is 3. The summed E-state index contributed by atoms with van der Waals surface area (Å²) in [5.41, 5.74) is 0.925. The third kappa shape index (κ3) is 7.86. The Bertz CT molecular complexity index is 951. The minimum Gasteiger partial charge on any atom is -0.481 e. The van der Waals surface area contributed by atoms with Gasteiger partial charge in [-0.05, 0) is 83.3 Å². The van der Waals surface area contributed by atoms with Crippen LogP contribution in [0, 0.1) is 5.92 Å². The SMILES string of the molecule is CCCCN(CCCN(C)C)C(=O)CN1C[C@H](c2ccc3c(c2)OCO3)C(C(=O)O)[C@@H]1CCC1CCCCO1. The van der Waals surface area contributed by atoms with Gasteiger partial charge < -0.3 is 29.1 Å². The zero-order chi connectivity index (χ0) is 27.8. The highest BCUT2D eigenvalue weighted by atomic mass is 16.7. The van der Waals surface area contributed by atoms with Crippen molar-refractivity contribution < 1.29 is 28.9 Å². The Morgan fingerprint density at radius 3 is 2.56 bits per heavy atom. The van der Waals surface area contributed by atoms with Gasteiger partial charge in [-0.3, -0.25) is 14.5 Å². The lowest BCUT2D eigenvalue weighted by Crippen LogP contribution is -2.45. The molecule has 2 fully saturated rings. The molecule has 1 amide bonds. The summed E-state index contributed by atoms with van der Waals surface area (Å²) in [5.74, 6) is -0.219. The van der Waals surface area contributed by atoms with Gasteiger partial charge >= 0.3 is 5.97 Å². The highest BCUT2D eigenvalue weighted by Gasteiger charge is 2.47. The van der Waals surface area contributed by atoms with Gasteiger partial charge in [0, 0.05) is 38.2 Å². The van der Waals surface area contributed by atoms with Crippen molar-refractivity contribution in [1.82, 2.24) is 14.7 Å². The Kier molecular flexibility index (Phi) is 10.9. The highest BCUT2D eigenvalue weighted by molar-refractivity contribution is 5.79. The summed E-state index contributed by atoms with van der Waals surface area (Å²) in [7, 11) is 4.09. The monoisotopic (exact) mass is 545 g/mol. The molecule has 1 aromatic carbocycles. The standard InChI is InChI=1S/C30H47N3O6/c1-4-5-15-32(16-8-14-31(2)3)28(34)20-33-19-24(22-10-13-26-27(18-22)39-21-38-26)29(30(35)36)25(33)12-11-23-9-6-7-17-37-23/h10,13,18,23-25,29H,4-9,11-12,14-17,19-21H2,1-3H3,(H,35,36)/t23?,24-,25+,29?/m1/s1. The van der Waals surface area contributed by atoms with E-state index in [9.17, 15) is 14.7 Å². The van der Waals surface area contributed by atoms with Gasteiger partial charge in [0.2, 0.25) is 12.7 Å². The average Bonchev–Trinajstić information content (AvgIpc) is 3.54. The third-order valence-electron chi connectivity index (χ3n) is 8.42. The Balaban J connectivity index is 1.53. The van der Waals surface area contributed by atoms with Crippen LogP contribution in [0.4, 0.5) is 0 Å². The summed E-state index contributed by atoms with van der Waals surface area (Å²) in [4.78, 5) is 32.7. The number of carboxylic acid groups (broad SMARTS) is 1. The molecule has 0 aromatic heterocycles. The number of likely N-dealkylation sites (tertiary alicyclic amines) is 1. The molecule has 0 aliphatic carbocycles. The van der Waals surface area contributed by atoms with Gasteiger partial charge in [0.15, 0.2) is 11.5 Å². The Labute approximate surface area is 233 Å². The number of benzene rings is 1. The minimum absolute atomic E-state index is 0.0941. The molecule has 3 aliphatic rings. The number of amides is 1. The number of aliphatic carboxylic acids is 1. The number of hydrogen-bond acceptors (Lipinski definition) is 7. The largest absolute Gasteiger partial charge is 0.481 e. The molecule has 218 valence electrons. The average molecular weight is 546 g/mol. The fraction of sp³-hybridized carbons (Fsp3) is 0.733. The Morgan fingerprint density at radius 1 is 1.05 bits per heavy atom. The molecular weight excluding hydrogens is 498 g/mol. The van der Waals surface area contributed by atoms with Crippen molar-refractivity contribution in [1.29, 1.82) is 0 Å². The van der Waals surface area contributed by atoms with Crippen LogP contribution < -0.4 is 9.47 Å². The molecule has 3 heterocycles. The van der Waals surface area contributed by atoms with Crippen molar-refractivity contribution in [3.8, 4) is 11.5 Å². The summed E-state index contributed by atoms with van der Waals surface area (Å²) < 4.78 is 17.1. The second-order valence-electron chi connectivity index (χ2n) is 11.5. The molecule has 2 saturated heterocycles. The molecule has 3 aliphatic heterocycles. The van der Waals surface area contributed by atoms with Gasteiger partial charge in [0.25, 0.3) is 0 Å². The van der Waals surface area contributed by atoms with Gasteiger partial charge in [-0.1, -0.05) is 19.4 Å². The van der Waals surface area contributed by atoms with Gasteiger partial charge in [0.1, 0.15) is 0 Å². The number of hydrogen-bond donors (Lipinski definition) is 1. The summed E-state index contributed by atoms with van der Waals surface area (Å²) in [5, 5.41) is 10.5. The maximum atomic E-state index is 13.7. The predicted molar refractivity (Wildman–Crippen MR) is 149 cm³/mol. The lowest BCUT2D eigenvalue weighted by atomic mass is 9.83. The molecule has 4 rings (SSSR count). The first-order valence-corrected chi connectivity index (χ1v) is 14.8. The van der Waals surface area contributed by atoms with Crippen molar-refractivity contribution in [3.05, 3.63) is 23.8 Å². The first-order chi connectivity index (χ1) is 18.9. The van der Waals surface area contributed by atoms with Crippen LogP contribution in [-0.4, -0.2) is 104 Å². The van der Waals surface area contributed by atoms with Crippen LogP contribution in [0.1, 0.15) is 69.8 Å². The summed E-state index contributed by atoms with van der Waals surface area (Å²) >= 11 is 0. The summed E-state index contributed by atoms with van der Waals surface area (Å²) in [6.45, 7) is 6.25. The Morgan fingerprint density at radius 2 is 1.85 bits per heavy atom. The van der Waals surface area contributed by atoms with Crippen LogP contribution in [-0.2, 0) is 14.3 Å². The number of carbonyl (C=O) groups is 2. The van der Waals surface area contributed by atoms with E-state index in [1.165, 1.54) is 0 Å². The molecule has 0 radical (unpaired) electrons. The normalized spacial score (nSPS) is 24.8. The van der Waals surface area contributed by atoms with Gasteiger partial charge in [-0.25, -0.2) is 0 Å². The number of unbranched alkanes of at least 4 members (excludes halogenated alkanes) is 1. The lowest BCUT2D eigenvalue weighted by Gasteiger charge is -2.31. The maximum absolute atomic E-state index is 13.7. The summed E-state index contributed by atoms with van der Waals surface area (Å²) in [6.07, 6.45) is 7.86. The van der Waals surface area contributed by atoms with Crippen LogP contribution in [0.5, 0.6) is 11.5 Å². The second-order valence-corrected chi connectivity index (χ2v) is 11.5. The molecular formula is C30H47N3O6. The molecule has 9 heteroatoms. The van der Waals surface area contributed by atoms with Gasteiger partial charge in [0.05, 0.1) is 18.6 Å². The molecule has 4 atom stereocenters. The van der Waals surface area contributed by atoms with Gasteiger partial charge in [-0.2, -0.15) is 0 Å². The van der Waals surface area contributed by atoms with E-state index in [0.717, 1.165) is 76.8 Å². The molecule has 39 heavy (non-hydrogen) atoms. The quantitative estimate of drug-likeness (QED) is 0.377. The van der Waals surface area contributed by atoms with Crippen molar-refractivity contribution >= 4 is 11.9 Å². The molecule has 0 saturated carbocycles. The first-order valence-electron chi connectivity index (χ1n) is 14.8. The first kappa shape index (κ1) is 29.6. The van der Waals surface area contributed by atoms with Crippen LogP contribution in [0.15, 0.2) is 18.2 Å². The second kappa shape index (κ2) is 14.3. The smallest absolute Gasteiger partial charge is 0.308 e. The van der Waals surface area contributed by atoms with E-state index in [4.69, 9.17) is 14.2 Å². The van der Waals surface area contributed by atoms with Crippen molar-refractivity contribution in [3.63, 3.8) is 0 Å². The fourth-order valence-electron chi connectivity index (χ4n) is 6.29. The zero-order valence-electron chi connectivity index (χ0n) is 24.0. The van der Waals surface area contributed by atoms with Crippen molar-refractivity contribution in [2.45, 2.75) is 76.4 Å². The predicted octanol–water partition coefficient (Wildman–Crippen LogP) is 3.81. The lowest BCUT2D eigenvalue weighted by molar-refractivity contribution is -0.144. The molecule has 2 unspecified atom stereocenters. The van der Waals surface area contributed by atoms with Crippen LogP contribution >= 0.6 is 0 Å². The fourth-order valence-corrected chi connectivity index (χ4v) is 6.29. The zero-order valence-corrected chi connectivity index (χ0v) is 24.0. The number of ether oxygens (including phenoxy) is 3. The van der Waals surface area contributed by atoms with Crippen LogP contribution in [0.3, 0.4) is 0 Å². The molecule has 1 N–H and O–H groups in total. The highest BCUT2D eigenvalue weighted by Crippen LogP contribution is 2.43. The van der Waals surface area contributed by atoms with E-state index in [-0.39, 0.29) is 37.3 Å². The topological polar surface area (TPSA) is 91.8 Å². The van der Waals surface area contributed by atoms with Crippen molar-refractivity contribution in [2.24, 2.45) is 5.92 Å². The van der Waals surface area contributed by atoms with Crippen LogP contribution in [0.2, 0.25) is 0 Å². The van der Waals surface area contributed by atoms with E-state index >= 15 is 0 Å². The summed E-state index contributed by atoms with van der Waals surface area (Å²) in [6, 6.07) is 5.51. The molecule has 0 spiro atoms. The van der Waals surface area contributed by atoms with E-state index < -0.39 is 11.9 Å². The number of fused-ring (bicyclic) bond motifs is 1. The third-order valence-corrected chi connectivity index (χ3v) is 8.42. The van der Waals surface area contributed by atoms with Crippen molar-refractivity contribution in [2.75, 3.05) is 60.2 Å². The molecule has 1 aromatic rings. The molecule has 0 bridgehead atoms. The minimum atomic E-state index is -0.809. The molecule has 9 nitrogen and oxygen atoms in total. The van der Waals surface area contributed by atoms with Crippen LogP contribution in [0.25, 0.3) is 0 Å². The van der Waals surface area contributed by atoms with Gasteiger partial charge in [-0.15, -0.1) is 0 Å². The van der Waals surface area contributed by atoms with E-state index in [1.807, 2.05) is 37.2 Å². The maximum Gasteiger partial charge on any atom is 0.308 e. The van der Waals surface area contributed by atoms with E-state index in [1.54, 1.807) is 0 Å². The van der Waals surface area contributed by atoms with E-state index in [0.29, 0.717) is 24.5 Å². The number of rotatable bonds is 14. The number of carboxylic acids is 1. The number of carbonyl (C=O) groups excluding carboxylic acids is 1. The van der Waals surface area contributed by atoms with E-state index in [2.05, 4.69) is 16.7 Å².